The number of rotatable bonds is 3. The molecule has 0 saturated carbocycles. The Kier molecular flexibility index (Phi) is 4.81. The van der Waals surface area contributed by atoms with Crippen LogP contribution >= 0.6 is 35.0 Å². The first kappa shape index (κ1) is 16.8. The van der Waals surface area contributed by atoms with Crippen LogP contribution in [0, 0.1) is 17.1 Å². The molecule has 0 spiro atoms. The van der Waals surface area contributed by atoms with Crippen molar-refractivity contribution in [1.82, 2.24) is 4.98 Å². The lowest BCUT2D eigenvalue weighted by Crippen LogP contribution is -2.12. The lowest BCUT2D eigenvalue weighted by molar-refractivity contribution is 0.629. The lowest BCUT2D eigenvalue weighted by atomic mass is 10.1. The number of aromatic amines is 1. The summed E-state index contributed by atoms with van der Waals surface area (Å²) in [6, 6.07) is 11.0. The van der Waals surface area contributed by atoms with Crippen molar-refractivity contribution in [3.8, 4) is 6.07 Å². The Balaban J connectivity index is 2.09. The Bertz CT molecular complexity index is 1020. The number of hydrogen-bond donors (Lipinski definition) is 1. The average molecular weight is 379 g/mol. The molecule has 3 aromatic rings. The van der Waals surface area contributed by atoms with Gasteiger partial charge in [0.1, 0.15) is 17.4 Å². The van der Waals surface area contributed by atoms with Gasteiger partial charge in [-0.05, 0) is 35.9 Å². The van der Waals surface area contributed by atoms with Crippen LogP contribution in [-0.4, -0.2) is 4.98 Å². The molecule has 2 aromatic carbocycles. The van der Waals surface area contributed by atoms with Crippen molar-refractivity contribution in [2.75, 3.05) is 0 Å². The number of pyridine rings is 1. The number of halogens is 3. The van der Waals surface area contributed by atoms with E-state index < -0.39 is 11.4 Å². The lowest BCUT2D eigenvalue weighted by Gasteiger charge is -2.10. The maximum Gasteiger partial charge on any atom is 0.267 e. The van der Waals surface area contributed by atoms with Gasteiger partial charge in [0.05, 0.1) is 5.03 Å². The first-order valence-electron chi connectivity index (χ1n) is 6.82. The van der Waals surface area contributed by atoms with Crippen LogP contribution in [0.15, 0.2) is 46.2 Å². The van der Waals surface area contributed by atoms with Crippen LogP contribution in [0.25, 0.3) is 10.8 Å². The normalized spacial score (nSPS) is 10.8. The van der Waals surface area contributed by atoms with Gasteiger partial charge in [-0.1, -0.05) is 29.3 Å². The summed E-state index contributed by atoms with van der Waals surface area (Å²) >= 11 is 13.6. The SMILES string of the molecule is N#Cc1c(=O)[nH]c(SCc2c(Cl)cccc2Cl)c2cc(F)ccc12. The fourth-order valence-corrected chi connectivity index (χ4v) is 4.10. The second-order valence-corrected chi connectivity index (χ2v) is 6.75. The summed E-state index contributed by atoms with van der Waals surface area (Å²) in [6.07, 6.45) is 0. The molecule has 0 bridgehead atoms. The van der Waals surface area contributed by atoms with Crippen LogP contribution in [-0.2, 0) is 5.75 Å². The molecule has 0 aliphatic rings. The molecule has 7 heteroatoms. The number of nitrogens with one attached hydrogen (secondary N) is 1. The van der Waals surface area contributed by atoms with Crippen molar-refractivity contribution >= 4 is 45.7 Å². The van der Waals surface area contributed by atoms with E-state index in [2.05, 4.69) is 4.98 Å². The number of nitriles is 1. The molecular formula is C17H9Cl2FN2OS. The number of benzene rings is 2. The fraction of sp³-hybridized carbons (Fsp3) is 0.0588. The minimum atomic E-state index is -0.510. The van der Waals surface area contributed by atoms with E-state index in [4.69, 9.17) is 28.5 Å². The van der Waals surface area contributed by atoms with Gasteiger partial charge < -0.3 is 4.98 Å². The van der Waals surface area contributed by atoms with E-state index in [1.54, 1.807) is 18.2 Å². The predicted octanol–water partition coefficient (Wildman–Crippen LogP) is 5.14. The van der Waals surface area contributed by atoms with Crippen molar-refractivity contribution in [3.63, 3.8) is 0 Å². The van der Waals surface area contributed by atoms with Crippen LogP contribution in [0.3, 0.4) is 0 Å². The zero-order valence-corrected chi connectivity index (χ0v) is 14.4. The molecule has 3 rings (SSSR count). The number of nitrogens with zero attached hydrogens (tertiary/aromatic N) is 1. The average Bonchev–Trinajstić information content (AvgIpc) is 2.54. The zero-order valence-electron chi connectivity index (χ0n) is 12.1. The predicted molar refractivity (Wildman–Crippen MR) is 95.3 cm³/mol. The maximum absolute atomic E-state index is 13.6. The second-order valence-electron chi connectivity index (χ2n) is 4.95. The van der Waals surface area contributed by atoms with E-state index in [1.165, 1.54) is 30.0 Å². The van der Waals surface area contributed by atoms with Crippen molar-refractivity contribution in [3.05, 3.63) is 73.7 Å². The van der Waals surface area contributed by atoms with Crippen LogP contribution in [0.4, 0.5) is 4.39 Å². The molecule has 120 valence electrons. The summed E-state index contributed by atoms with van der Waals surface area (Å²) in [5, 5.41) is 11.5. The molecule has 0 atom stereocenters. The van der Waals surface area contributed by atoms with E-state index in [0.29, 0.717) is 31.6 Å². The first-order valence-corrected chi connectivity index (χ1v) is 8.56. The van der Waals surface area contributed by atoms with E-state index in [0.717, 1.165) is 5.56 Å². The van der Waals surface area contributed by atoms with Gasteiger partial charge >= 0.3 is 0 Å². The largest absolute Gasteiger partial charge is 0.315 e. The van der Waals surface area contributed by atoms with Crippen LogP contribution in [0.5, 0.6) is 0 Å². The van der Waals surface area contributed by atoms with E-state index in [1.807, 2.05) is 6.07 Å². The molecule has 0 radical (unpaired) electrons. The molecule has 3 nitrogen and oxygen atoms in total. The fourth-order valence-electron chi connectivity index (χ4n) is 2.32. The highest BCUT2D eigenvalue weighted by Crippen LogP contribution is 2.33. The summed E-state index contributed by atoms with van der Waals surface area (Å²) in [5.74, 6) is -0.0533. The number of fused-ring (bicyclic) bond motifs is 1. The Morgan fingerprint density at radius 1 is 1.17 bits per heavy atom. The van der Waals surface area contributed by atoms with Crippen molar-refractivity contribution < 1.29 is 4.39 Å². The van der Waals surface area contributed by atoms with Gasteiger partial charge in [0, 0.05) is 26.6 Å². The highest BCUT2D eigenvalue weighted by molar-refractivity contribution is 7.98. The van der Waals surface area contributed by atoms with Gasteiger partial charge in [0.2, 0.25) is 0 Å². The second kappa shape index (κ2) is 6.86. The number of hydrogen-bond acceptors (Lipinski definition) is 3. The first-order chi connectivity index (χ1) is 11.5. The molecule has 0 amide bonds. The Hall–Kier alpha value is -2.00. The third kappa shape index (κ3) is 3.13. The number of aromatic nitrogens is 1. The molecule has 0 saturated heterocycles. The van der Waals surface area contributed by atoms with Gasteiger partial charge in [0.15, 0.2) is 0 Å². The van der Waals surface area contributed by atoms with Crippen LogP contribution in [0.1, 0.15) is 11.1 Å². The monoisotopic (exact) mass is 378 g/mol. The minimum Gasteiger partial charge on any atom is -0.315 e. The van der Waals surface area contributed by atoms with Gasteiger partial charge in [-0.3, -0.25) is 4.79 Å². The number of H-pyrrole nitrogens is 1. The Morgan fingerprint density at radius 3 is 2.54 bits per heavy atom. The summed E-state index contributed by atoms with van der Waals surface area (Å²) in [5.41, 5.74) is 0.176. The summed E-state index contributed by atoms with van der Waals surface area (Å²) in [6.45, 7) is 0. The van der Waals surface area contributed by atoms with E-state index >= 15 is 0 Å². The number of thioether (sulfide) groups is 1. The topological polar surface area (TPSA) is 56.6 Å². The third-order valence-electron chi connectivity index (χ3n) is 3.48. The molecule has 1 heterocycles. The van der Waals surface area contributed by atoms with Crippen LogP contribution in [0.2, 0.25) is 10.0 Å². The Morgan fingerprint density at radius 2 is 1.88 bits per heavy atom. The molecule has 0 aliphatic carbocycles. The van der Waals surface area contributed by atoms with Crippen molar-refractivity contribution in [2.45, 2.75) is 10.8 Å². The van der Waals surface area contributed by atoms with Gasteiger partial charge in [-0.2, -0.15) is 5.26 Å². The molecule has 0 fully saturated rings. The van der Waals surface area contributed by atoms with Crippen molar-refractivity contribution in [1.29, 1.82) is 5.26 Å². The van der Waals surface area contributed by atoms with Gasteiger partial charge in [-0.25, -0.2) is 4.39 Å². The van der Waals surface area contributed by atoms with Crippen LogP contribution < -0.4 is 5.56 Å². The summed E-state index contributed by atoms with van der Waals surface area (Å²) in [4.78, 5) is 14.7. The quantitative estimate of drug-likeness (QED) is 0.642. The standard InChI is InChI=1S/C17H9Cl2FN2OS/c18-14-2-1-3-15(19)13(14)8-24-17-11-6-9(20)4-5-10(11)12(7-21)16(23)22-17/h1-6H,8H2,(H,22,23). The highest BCUT2D eigenvalue weighted by atomic mass is 35.5. The summed E-state index contributed by atoms with van der Waals surface area (Å²) in [7, 11) is 0. The molecule has 24 heavy (non-hydrogen) atoms. The molecule has 1 aromatic heterocycles. The minimum absolute atomic E-state index is 0.0369. The highest BCUT2D eigenvalue weighted by Gasteiger charge is 2.13. The molecule has 1 N–H and O–H groups in total. The smallest absolute Gasteiger partial charge is 0.267 e. The maximum atomic E-state index is 13.6. The van der Waals surface area contributed by atoms with E-state index in [9.17, 15) is 9.18 Å². The molecular weight excluding hydrogens is 370 g/mol. The Labute approximate surface area is 151 Å². The molecule has 0 unspecified atom stereocenters. The third-order valence-corrected chi connectivity index (χ3v) is 5.24. The van der Waals surface area contributed by atoms with E-state index in [-0.39, 0.29) is 5.56 Å². The van der Waals surface area contributed by atoms with Gasteiger partial charge in [0.25, 0.3) is 5.56 Å². The van der Waals surface area contributed by atoms with Crippen molar-refractivity contribution in [2.24, 2.45) is 0 Å². The summed E-state index contributed by atoms with van der Waals surface area (Å²) < 4.78 is 13.6. The van der Waals surface area contributed by atoms with Gasteiger partial charge in [-0.15, -0.1) is 11.8 Å². The molecule has 0 aliphatic heterocycles. The zero-order chi connectivity index (χ0) is 17.3.